The van der Waals surface area contributed by atoms with Gasteiger partial charge < -0.3 is 9.55 Å². The SMILES string of the molecule is CC1(Cn2c(=S)[nH]c3cccc(Cl)c32)CCCCC1. The number of rotatable bonds is 2. The average Bonchev–Trinajstić information content (AvgIpc) is 2.68. The van der Waals surface area contributed by atoms with Crippen molar-refractivity contribution < 1.29 is 0 Å². The minimum atomic E-state index is 0.352. The number of imidazole rings is 1. The van der Waals surface area contributed by atoms with Gasteiger partial charge in [0, 0.05) is 6.54 Å². The summed E-state index contributed by atoms with van der Waals surface area (Å²) in [7, 11) is 0. The van der Waals surface area contributed by atoms with Crippen LogP contribution in [-0.4, -0.2) is 9.55 Å². The second-order valence-corrected chi connectivity index (χ2v) is 6.82. The molecule has 19 heavy (non-hydrogen) atoms. The van der Waals surface area contributed by atoms with Crippen LogP contribution >= 0.6 is 23.8 Å². The molecule has 2 aromatic rings. The highest BCUT2D eigenvalue weighted by Crippen LogP contribution is 2.38. The Kier molecular flexibility index (Phi) is 3.44. The molecule has 2 nitrogen and oxygen atoms in total. The van der Waals surface area contributed by atoms with Gasteiger partial charge in [0.05, 0.1) is 16.1 Å². The Morgan fingerprint density at radius 2 is 2.05 bits per heavy atom. The van der Waals surface area contributed by atoms with E-state index in [0.717, 1.165) is 27.4 Å². The van der Waals surface area contributed by atoms with Crippen LogP contribution in [0.15, 0.2) is 18.2 Å². The summed E-state index contributed by atoms with van der Waals surface area (Å²) in [5, 5.41) is 0.782. The Balaban J connectivity index is 2.05. The van der Waals surface area contributed by atoms with Crippen molar-refractivity contribution in [1.82, 2.24) is 9.55 Å². The molecule has 4 heteroatoms. The molecule has 0 radical (unpaired) electrons. The minimum Gasteiger partial charge on any atom is -0.331 e. The number of halogens is 1. The first-order valence-electron chi connectivity index (χ1n) is 6.96. The van der Waals surface area contributed by atoms with E-state index < -0.39 is 0 Å². The lowest BCUT2D eigenvalue weighted by Crippen LogP contribution is -2.26. The van der Waals surface area contributed by atoms with Crippen LogP contribution in [0.3, 0.4) is 0 Å². The summed E-state index contributed by atoms with van der Waals surface area (Å²) in [6, 6.07) is 5.94. The first kappa shape index (κ1) is 13.2. The molecule has 3 rings (SSSR count). The first-order chi connectivity index (χ1) is 9.09. The van der Waals surface area contributed by atoms with Crippen LogP contribution in [0.5, 0.6) is 0 Å². The summed E-state index contributed by atoms with van der Waals surface area (Å²) in [6.07, 6.45) is 6.60. The van der Waals surface area contributed by atoms with Crippen molar-refractivity contribution in [1.29, 1.82) is 0 Å². The third-order valence-corrected chi connectivity index (χ3v) is 4.97. The zero-order valence-corrected chi connectivity index (χ0v) is 12.8. The summed E-state index contributed by atoms with van der Waals surface area (Å²) in [6.45, 7) is 3.35. The van der Waals surface area contributed by atoms with Crippen molar-refractivity contribution >= 4 is 34.9 Å². The molecule has 0 amide bonds. The quantitative estimate of drug-likeness (QED) is 0.743. The second-order valence-electron chi connectivity index (χ2n) is 6.02. The first-order valence-corrected chi connectivity index (χ1v) is 7.75. The van der Waals surface area contributed by atoms with Crippen LogP contribution in [0, 0.1) is 10.2 Å². The monoisotopic (exact) mass is 294 g/mol. The van der Waals surface area contributed by atoms with Crippen molar-refractivity contribution in [2.75, 3.05) is 0 Å². The molecular formula is C15H19ClN2S. The summed E-state index contributed by atoms with van der Waals surface area (Å²) < 4.78 is 2.98. The Labute approximate surface area is 123 Å². The van der Waals surface area contributed by atoms with E-state index in [-0.39, 0.29) is 0 Å². The maximum atomic E-state index is 6.35. The topological polar surface area (TPSA) is 20.7 Å². The van der Waals surface area contributed by atoms with Gasteiger partial charge in [0.1, 0.15) is 0 Å². The molecule has 1 aromatic carbocycles. The van der Waals surface area contributed by atoms with Gasteiger partial charge in [0.15, 0.2) is 4.77 Å². The van der Waals surface area contributed by atoms with Gasteiger partial charge >= 0.3 is 0 Å². The fourth-order valence-corrected chi connectivity index (χ4v) is 3.81. The highest BCUT2D eigenvalue weighted by atomic mass is 35.5. The second kappa shape index (κ2) is 4.95. The fourth-order valence-electron chi connectivity index (χ4n) is 3.27. The van der Waals surface area contributed by atoms with E-state index in [9.17, 15) is 0 Å². The molecule has 1 aromatic heterocycles. The zero-order chi connectivity index (χ0) is 13.5. The largest absolute Gasteiger partial charge is 0.331 e. The summed E-state index contributed by atoms with van der Waals surface area (Å²) >= 11 is 11.8. The van der Waals surface area contributed by atoms with E-state index in [1.165, 1.54) is 32.1 Å². The van der Waals surface area contributed by atoms with Gasteiger partial charge in [-0.2, -0.15) is 0 Å². The van der Waals surface area contributed by atoms with Gasteiger partial charge in [0.2, 0.25) is 0 Å². The molecule has 0 aliphatic heterocycles. The van der Waals surface area contributed by atoms with Crippen LogP contribution in [0.2, 0.25) is 5.02 Å². The number of aromatic amines is 1. The number of nitrogens with one attached hydrogen (secondary N) is 1. The van der Waals surface area contributed by atoms with E-state index >= 15 is 0 Å². The number of hydrogen-bond acceptors (Lipinski definition) is 1. The number of nitrogens with zero attached hydrogens (tertiary/aromatic N) is 1. The molecule has 1 aliphatic carbocycles. The highest BCUT2D eigenvalue weighted by molar-refractivity contribution is 7.71. The highest BCUT2D eigenvalue weighted by Gasteiger charge is 2.28. The van der Waals surface area contributed by atoms with E-state index in [0.29, 0.717) is 5.41 Å². The van der Waals surface area contributed by atoms with Crippen molar-refractivity contribution in [3.8, 4) is 0 Å². The van der Waals surface area contributed by atoms with Crippen molar-refractivity contribution in [3.05, 3.63) is 28.0 Å². The van der Waals surface area contributed by atoms with Gasteiger partial charge in [-0.15, -0.1) is 0 Å². The van der Waals surface area contributed by atoms with Crippen LogP contribution in [-0.2, 0) is 6.54 Å². The molecule has 1 heterocycles. The molecule has 102 valence electrons. The van der Waals surface area contributed by atoms with Crippen LogP contribution in [0.4, 0.5) is 0 Å². The molecule has 0 saturated heterocycles. The molecule has 1 saturated carbocycles. The van der Waals surface area contributed by atoms with E-state index in [4.69, 9.17) is 23.8 Å². The molecule has 0 bridgehead atoms. The molecule has 1 N–H and O–H groups in total. The molecule has 1 fully saturated rings. The Bertz CT molecular complexity index is 650. The van der Waals surface area contributed by atoms with Gasteiger partial charge in [0.25, 0.3) is 0 Å². The molecular weight excluding hydrogens is 276 g/mol. The van der Waals surface area contributed by atoms with Crippen molar-refractivity contribution in [3.63, 3.8) is 0 Å². The standard InChI is InChI=1S/C15H19ClN2S/c1-15(8-3-2-4-9-15)10-18-13-11(16)6-5-7-12(13)17-14(18)19/h5-7H,2-4,8-10H2,1H3,(H,17,19). The number of H-pyrrole nitrogens is 1. The molecule has 0 atom stereocenters. The van der Waals surface area contributed by atoms with Crippen LogP contribution in [0.1, 0.15) is 39.0 Å². The summed E-state index contributed by atoms with van der Waals surface area (Å²) in [5.74, 6) is 0. The lowest BCUT2D eigenvalue weighted by molar-refractivity contribution is 0.184. The smallest absolute Gasteiger partial charge is 0.178 e. The van der Waals surface area contributed by atoms with Crippen LogP contribution < -0.4 is 0 Å². The normalized spacial score (nSPS) is 18.8. The Morgan fingerprint density at radius 1 is 1.32 bits per heavy atom. The number of hydrogen-bond donors (Lipinski definition) is 1. The van der Waals surface area contributed by atoms with Crippen molar-refractivity contribution in [2.45, 2.75) is 45.6 Å². The number of benzene rings is 1. The lowest BCUT2D eigenvalue weighted by atomic mass is 9.75. The van der Waals surface area contributed by atoms with E-state index in [1.807, 2.05) is 18.2 Å². The Morgan fingerprint density at radius 3 is 2.79 bits per heavy atom. The lowest BCUT2D eigenvalue weighted by Gasteiger charge is -2.34. The van der Waals surface area contributed by atoms with Gasteiger partial charge in [-0.3, -0.25) is 0 Å². The van der Waals surface area contributed by atoms with Gasteiger partial charge in [-0.1, -0.05) is 43.9 Å². The molecule has 0 spiro atoms. The fraction of sp³-hybridized carbons (Fsp3) is 0.533. The molecule has 0 unspecified atom stereocenters. The van der Waals surface area contributed by atoms with Crippen LogP contribution in [0.25, 0.3) is 11.0 Å². The predicted octanol–water partition coefficient (Wildman–Crippen LogP) is 5.32. The number of aromatic nitrogens is 2. The minimum absolute atomic E-state index is 0.352. The maximum absolute atomic E-state index is 6.35. The third kappa shape index (κ3) is 2.46. The number of fused-ring (bicyclic) bond motifs is 1. The summed E-state index contributed by atoms with van der Waals surface area (Å²) in [4.78, 5) is 3.27. The van der Waals surface area contributed by atoms with Crippen molar-refractivity contribution in [2.24, 2.45) is 5.41 Å². The summed E-state index contributed by atoms with van der Waals surface area (Å²) in [5.41, 5.74) is 2.45. The van der Waals surface area contributed by atoms with E-state index in [2.05, 4.69) is 16.5 Å². The maximum Gasteiger partial charge on any atom is 0.178 e. The third-order valence-electron chi connectivity index (χ3n) is 4.34. The predicted molar refractivity (Wildman–Crippen MR) is 83.3 cm³/mol. The average molecular weight is 295 g/mol. The number of para-hydroxylation sites is 1. The van der Waals surface area contributed by atoms with Gasteiger partial charge in [-0.05, 0) is 42.6 Å². The van der Waals surface area contributed by atoms with E-state index in [1.54, 1.807) is 0 Å². The molecule has 1 aliphatic rings. The zero-order valence-electron chi connectivity index (χ0n) is 11.2. The van der Waals surface area contributed by atoms with Gasteiger partial charge in [-0.25, -0.2) is 0 Å². The Hall–Kier alpha value is -0.800.